The molecule has 0 radical (unpaired) electrons. The second-order valence-corrected chi connectivity index (χ2v) is 5.70. The first kappa shape index (κ1) is 19.3. The van der Waals surface area contributed by atoms with Gasteiger partial charge in [-0.3, -0.25) is 0 Å². The van der Waals surface area contributed by atoms with E-state index >= 15 is 0 Å². The number of aromatic nitrogens is 2. The van der Waals surface area contributed by atoms with Crippen molar-refractivity contribution in [3.05, 3.63) is 11.8 Å². The Hall–Kier alpha value is -2.98. The lowest BCUT2D eigenvalue weighted by atomic mass is 10.1. The van der Waals surface area contributed by atoms with Gasteiger partial charge >= 0.3 is 18.2 Å². The minimum absolute atomic E-state index is 0.0705. The van der Waals surface area contributed by atoms with Crippen LogP contribution in [0, 0.1) is 0 Å². The van der Waals surface area contributed by atoms with Gasteiger partial charge in [0.2, 0.25) is 5.88 Å². The zero-order chi connectivity index (χ0) is 19.3. The molecule has 2 N–H and O–H groups in total. The van der Waals surface area contributed by atoms with Crippen molar-refractivity contribution in [2.24, 2.45) is 7.05 Å². The van der Waals surface area contributed by atoms with Crippen molar-refractivity contribution in [1.82, 2.24) is 19.6 Å². The average Bonchev–Trinajstić information content (AvgIpc) is 2.95. The molecule has 0 aliphatic carbocycles. The van der Waals surface area contributed by atoms with E-state index < -0.39 is 24.2 Å². The highest BCUT2D eigenvalue weighted by atomic mass is 16.5. The smallest absolute Gasteiger partial charge is 0.407 e. The molecule has 1 aromatic rings. The molecule has 0 spiro atoms. The van der Waals surface area contributed by atoms with Crippen molar-refractivity contribution in [3.8, 4) is 5.88 Å². The molecule has 0 aromatic carbocycles. The minimum atomic E-state index is -1.10. The molecule has 1 atom stereocenters. The third kappa shape index (κ3) is 4.35. The van der Waals surface area contributed by atoms with Crippen LogP contribution in [0.25, 0.3) is 0 Å². The van der Waals surface area contributed by atoms with E-state index in [4.69, 9.17) is 14.6 Å². The molecule has 1 fully saturated rings. The van der Waals surface area contributed by atoms with Crippen molar-refractivity contribution in [2.45, 2.75) is 19.4 Å². The zero-order valence-corrected chi connectivity index (χ0v) is 14.6. The first-order chi connectivity index (χ1) is 12.3. The second-order valence-electron chi connectivity index (χ2n) is 5.70. The number of ether oxygens (including phenoxy) is 2. The SMILES string of the molecule is CCOC(=O)c1cnn(C)c1OCC[C@@H]1CN(C(=O)O)CCN1C(=O)O. The largest absolute Gasteiger partial charge is 0.477 e. The summed E-state index contributed by atoms with van der Waals surface area (Å²) >= 11 is 0. The molecule has 26 heavy (non-hydrogen) atoms. The molecule has 1 aliphatic rings. The lowest BCUT2D eigenvalue weighted by Gasteiger charge is -2.38. The molecule has 2 amide bonds. The normalized spacial score (nSPS) is 17.1. The van der Waals surface area contributed by atoms with Gasteiger partial charge in [0.25, 0.3) is 0 Å². The molecule has 0 saturated carbocycles. The monoisotopic (exact) mass is 370 g/mol. The number of rotatable bonds is 6. The maximum atomic E-state index is 11.9. The number of carbonyl (C=O) groups excluding carboxylic acids is 1. The third-order valence-electron chi connectivity index (χ3n) is 4.07. The molecular weight excluding hydrogens is 348 g/mol. The molecule has 11 heteroatoms. The van der Waals surface area contributed by atoms with Gasteiger partial charge in [0.15, 0.2) is 0 Å². The van der Waals surface area contributed by atoms with Crippen molar-refractivity contribution in [3.63, 3.8) is 0 Å². The topological polar surface area (TPSA) is 134 Å². The minimum Gasteiger partial charge on any atom is -0.477 e. The number of esters is 1. The summed E-state index contributed by atoms with van der Waals surface area (Å²) in [5.74, 6) is -0.339. The average molecular weight is 370 g/mol. The van der Waals surface area contributed by atoms with E-state index in [2.05, 4.69) is 5.10 Å². The summed E-state index contributed by atoms with van der Waals surface area (Å²) in [6.45, 7) is 2.30. The van der Waals surface area contributed by atoms with Gasteiger partial charge < -0.3 is 29.5 Å². The lowest BCUT2D eigenvalue weighted by Crippen LogP contribution is -2.56. The van der Waals surface area contributed by atoms with Gasteiger partial charge in [-0.2, -0.15) is 5.10 Å². The van der Waals surface area contributed by atoms with Crippen LogP contribution in [-0.4, -0.2) is 86.8 Å². The Labute approximate surface area is 149 Å². The Morgan fingerprint density at radius 1 is 1.27 bits per heavy atom. The van der Waals surface area contributed by atoms with Crippen molar-refractivity contribution in [1.29, 1.82) is 0 Å². The lowest BCUT2D eigenvalue weighted by molar-refractivity contribution is 0.0511. The number of hydrogen-bond donors (Lipinski definition) is 2. The van der Waals surface area contributed by atoms with E-state index in [1.165, 1.54) is 20.7 Å². The summed E-state index contributed by atoms with van der Waals surface area (Å²) in [4.78, 5) is 36.7. The highest BCUT2D eigenvalue weighted by molar-refractivity contribution is 5.91. The summed E-state index contributed by atoms with van der Waals surface area (Å²) in [5, 5.41) is 22.4. The first-order valence-electron chi connectivity index (χ1n) is 8.14. The number of amides is 2. The predicted octanol–water partition coefficient (Wildman–Crippen LogP) is 0.708. The third-order valence-corrected chi connectivity index (χ3v) is 4.07. The number of carbonyl (C=O) groups is 3. The van der Waals surface area contributed by atoms with Crippen LogP contribution in [0.3, 0.4) is 0 Å². The van der Waals surface area contributed by atoms with Crippen LogP contribution < -0.4 is 4.74 Å². The van der Waals surface area contributed by atoms with Crippen molar-refractivity contribution >= 4 is 18.2 Å². The van der Waals surface area contributed by atoms with Crippen LogP contribution in [0.1, 0.15) is 23.7 Å². The van der Waals surface area contributed by atoms with E-state index in [1.807, 2.05) is 0 Å². The van der Waals surface area contributed by atoms with Crippen molar-refractivity contribution in [2.75, 3.05) is 32.8 Å². The Kier molecular flexibility index (Phi) is 6.26. The van der Waals surface area contributed by atoms with Crippen LogP contribution in [0.15, 0.2) is 6.20 Å². The predicted molar refractivity (Wildman–Crippen MR) is 87.4 cm³/mol. The molecular formula is C15H22N4O7. The van der Waals surface area contributed by atoms with Gasteiger partial charge in [0.05, 0.1) is 25.5 Å². The van der Waals surface area contributed by atoms with E-state index in [9.17, 15) is 19.5 Å². The highest BCUT2D eigenvalue weighted by Gasteiger charge is 2.32. The number of carboxylic acid groups (broad SMARTS) is 2. The molecule has 2 heterocycles. The van der Waals surface area contributed by atoms with Crippen LogP contribution in [0.5, 0.6) is 5.88 Å². The van der Waals surface area contributed by atoms with Gasteiger partial charge in [0.1, 0.15) is 5.56 Å². The van der Waals surface area contributed by atoms with Gasteiger partial charge in [0, 0.05) is 33.1 Å². The van der Waals surface area contributed by atoms with Gasteiger partial charge in [-0.1, -0.05) is 0 Å². The number of hydrogen-bond acceptors (Lipinski definition) is 6. The number of nitrogens with zero attached hydrogens (tertiary/aromatic N) is 4. The molecule has 1 saturated heterocycles. The second kappa shape index (κ2) is 8.41. The van der Waals surface area contributed by atoms with Gasteiger partial charge in [-0.05, 0) is 6.92 Å². The van der Waals surface area contributed by atoms with Crippen LogP contribution in [-0.2, 0) is 11.8 Å². The van der Waals surface area contributed by atoms with Crippen LogP contribution in [0.2, 0.25) is 0 Å². The summed E-state index contributed by atoms with van der Waals surface area (Å²) < 4.78 is 11.9. The van der Waals surface area contributed by atoms with E-state index in [-0.39, 0.29) is 50.7 Å². The Morgan fingerprint density at radius 2 is 2.00 bits per heavy atom. The van der Waals surface area contributed by atoms with E-state index in [1.54, 1.807) is 14.0 Å². The maximum absolute atomic E-state index is 11.9. The van der Waals surface area contributed by atoms with Gasteiger partial charge in [-0.15, -0.1) is 0 Å². The summed E-state index contributed by atoms with van der Waals surface area (Å²) in [6.07, 6.45) is -0.585. The fourth-order valence-electron chi connectivity index (χ4n) is 2.77. The fraction of sp³-hybridized carbons (Fsp3) is 0.600. The van der Waals surface area contributed by atoms with Crippen molar-refractivity contribution < 1.29 is 34.1 Å². The Balaban J connectivity index is 2.01. The summed E-state index contributed by atoms with van der Waals surface area (Å²) in [6, 6.07) is -0.531. The summed E-state index contributed by atoms with van der Waals surface area (Å²) in [7, 11) is 1.61. The van der Waals surface area contributed by atoms with E-state index in [0.717, 1.165) is 0 Å². The number of aryl methyl sites for hydroxylation is 1. The molecule has 2 rings (SSSR count). The molecule has 11 nitrogen and oxygen atoms in total. The summed E-state index contributed by atoms with van der Waals surface area (Å²) in [5.41, 5.74) is 0.181. The number of piperazine rings is 1. The highest BCUT2D eigenvalue weighted by Crippen LogP contribution is 2.20. The molecule has 144 valence electrons. The first-order valence-corrected chi connectivity index (χ1v) is 8.14. The quantitative estimate of drug-likeness (QED) is 0.699. The molecule has 1 aliphatic heterocycles. The van der Waals surface area contributed by atoms with Crippen LogP contribution >= 0.6 is 0 Å². The zero-order valence-electron chi connectivity index (χ0n) is 14.6. The Bertz CT molecular complexity index is 675. The Morgan fingerprint density at radius 3 is 2.62 bits per heavy atom. The molecule has 0 unspecified atom stereocenters. The van der Waals surface area contributed by atoms with E-state index in [0.29, 0.717) is 0 Å². The standard InChI is InChI=1S/C15H22N4O7/c1-3-25-13(20)11-8-16-17(2)12(11)26-7-4-10-9-18(14(21)22)5-6-19(10)15(23)24/h8,10H,3-7,9H2,1-2H3,(H,21,22)(H,23,24)/t10-/m1/s1. The molecule has 0 bridgehead atoms. The van der Waals surface area contributed by atoms with Crippen LogP contribution in [0.4, 0.5) is 9.59 Å². The fourth-order valence-corrected chi connectivity index (χ4v) is 2.77. The van der Waals surface area contributed by atoms with Gasteiger partial charge in [-0.25, -0.2) is 19.1 Å². The molecule has 1 aromatic heterocycles. The maximum Gasteiger partial charge on any atom is 0.407 e.